The van der Waals surface area contributed by atoms with Crippen LogP contribution in [0.25, 0.3) is 11.4 Å². The zero-order valence-corrected chi connectivity index (χ0v) is 16.4. The molecule has 0 spiro atoms. The predicted octanol–water partition coefficient (Wildman–Crippen LogP) is 4.54. The molecule has 0 aliphatic heterocycles. The largest absolute Gasteiger partial charge is 0.339 e. The smallest absolute Gasteiger partial charge is 0.227 e. The van der Waals surface area contributed by atoms with Gasteiger partial charge in [-0.15, -0.1) is 11.3 Å². The van der Waals surface area contributed by atoms with Gasteiger partial charge >= 0.3 is 0 Å². The lowest BCUT2D eigenvalue weighted by molar-refractivity contribution is -0.116. The van der Waals surface area contributed by atoms with Crippen molar-refractivity contribution in [2.24, 2.45) is 5.92 Å². The van der Waals surface area contributed by atoms with Crippen molar-refractivity contribution < 1.29 is 9.32 Å². The third kappa shape index (κ3) is 4.36. The summed E-state index contributed by atoms with van der Waals surface area (Å²) < 4.78 is 5.24. The number of nitrogens with one attached hydrogen (secondary N) is 1. The number of fused-ring (bicyclic) bond motifs is 1. The number of benzene rings is 1. The summed E-state index contributed by atoms with van der Waals surface area (Å²) in [5.74, 6) is 1.51. The van der Waals surface area contributed by atoms with Gasteiger partial charge in [0.2, 0.25) is 17.6 Å². The lowest BCUT2D eigenvalue weighted by atomic mass is 9.93. The van der Waals surface area contributed by atoms with Gasteiger partial charge in [0.05, 0.1) is 5.69 Å². The van der Waals surface area contributed by atoms with E-state index in [-0.39, 0.29) is 12.3 Å². The molecule has 0 fully saturated rings. The van der Waals surface area contributed by atoms with Gasteiger partial charge in [-0.05, 0) is 49.4 Å². The van der Waals surface area contributed by atoms with Crippen LogP contribution in [0, 0.1) is 5.92 Å². The van der Waals surface area contributed by atoms with E-state index in [1.807, 2.05) is 12.1 Å². The maximum Gasteiger partial charge on any atom is 0.227 e. The summed E-state index contributed by atoms with van der Waals surface area (Å²) in [5.41, 5.74) is 1.96. The maximum absolute atomic E-state index is 12.2. The number of nitrogens with zero attached hydrogens (tertiary/aromatic N) is 3. The van der Waals surface area contributed by atoms with E-state index in [0.29, 0.717) is 34.2 Å². The molecule has 3 aromatic rings. The monoisotopic (exact) mass is 402 g/mol. The second-order valence-corrected chi connectivity index (χ2v) is 8.32. The lowest BCUT2D eigenvalue weighted by Gasteiger charge is -2.15. The van der Waals surface area contributed by atoms with E-state index in [2.05, 4.69) is 27.4 Å². The minimum absolute atomic E-state index is 0.0969. The first-order valence-corrected chi connectivity index (χ1v) is 10.1. The number of rotatable bonds is 5. The summed E-state index contributed by atoms with van der Waals surface area (Å²) in [6.07, 6.45) is 3.87. The number of hydrogen-bond donors (Lipinski definition) is 1. The molecule has 0 radical (unpaired) electrons. The molecule has 2 aromatic heterocycles. The van der Waals surface area contributed by atoms with Crippen molar-refractivity contribution in [3.8, 4) is 11.4 Å². The standard InChI is InChI=1S/C19H19ClN4O2S/c1-11-2-7-14-15(10-11)27-19(21-14)22-16(25)8-9-17-23-18(24-26-17)12-3-5-13(20)6-4-12/h3-6,11H,2,7-10H2,1H3,(H,21,22,25). The van der Waals surface area contributed by atoms with E-state index < -0.39 is 0 Å². The third-order valence-corrected chi connectivity index (χ3v) is 5.86. The molecular formula is C19H19ClN4O2S. The highest BCUT2D eigenvalue weighted by molar-refractivity contribution is 7.15. The number of thiazole rings is 1. The lowest BCUT2D eigenvalue weighted by Crippen LogP contribution is -2.12. The highest BCUT2D eigenvalue weighted by Crippen LogP contribution is 2.32. The number of aromatic nitrogens is 3. The van der Waals surface area contributed by atoms with Crippen LogP contribution in [0.2, 0.25) is 5.02 Å². The van der Waals surface area contributed by atoms with Crippen LogP contribution in [0.3, 0.4) is 0 Å². The first kappa shape index (κ1) is 18.1. The van der Waals surface area contributed by atoms with Gasteiger partial charge in [-0.25, -0.2) is 4.98 Å². The topological polar surface area (TPSA) is 80.9 Å². The summed E-state index contributed by atoms with van der Waals surface area (Å²) in [6, 6.07) is 7.20. The van der Waals surface area contributed by atoms with E-state index in [9.17, 15) is 4.79 Å². The van der Waals surface area contributed by atoms with Gasteiger partial charge in [-0.2, -0.15) is 4.98 Å². The number of carbonyl (C=O) groups excluding carboxylic acids is 1. The Balaban J connectivity index is 1.33. The van der Waals surface area contributed by atoms with Crippen LogP contribution in [-0.2, 0) is 24.1 Å². The van der Waals surface area contributed by atoms with Crippen molar-refractivity contribution in [1.82, 2.24) is 15.1 Å². The van der Waals surface area contributed by atoms with Crippen molar-refractivity contribution in [3.05, 3.63) is 45.7 Å². The van der Waals surface area contributed by atoms with E-state index >= 15 is 0 Å². The minimum Gasteiger partial charge on any atom is -0.339 e. The molecule has 1 amide bonds. The average molecular weight is 403 g/mol. The van der Waals surface area contributed by atoms with Gasteiger partial charge in [-0.1, -0.05) is 23.7 Å². The molecule has 0 saturated heterocycles. The fourth-order valence-corrected chi connectivity index (χ4v) is 4.38. The molecule has 8 heteroatoms. The van der Waals surface area contributed by atoms with Gasteiger partial charge in [0.1, 0.15) is 0 Å². The molecule has 1 N–H and O–H groups in total. The Morgan fingerprint density at radius 2 is 2.15 bits per heavy atom. The Morgan fingerprint density at radius 3 is 2.96 bits per heavy atom. The Kier molecular flexibility index (Phi) is 5.22. The summed E-state index contributed by atoms with van der Waals surface area (Å²) in [4.78, 5) is 22.4. The number of aryl methyl sites for hydroxylation is 2. The Hall–Kier alpha value is -2.25. The average Bonchev–Trinajstić information content (AvgIpc) is 3.26. The highest BCUT2D eigenvalue weighted by Gasteiger charge is 2.20. The Labute approximate surface area is 166 Å². The first-order chi connectivity index (χ1) is 13.1. The number of halogens is 1. The quantitative estimate of drug-likeness (QED) is 0.677. The van der Waals surface area contributed by atoms with Crippen LogP contribution in [0.1, 0.15) is 36.2 Å². The van der Waals surface area contributed by atoms with Crippen LogP contribution in [0.5, 0.6) is 0 Å². The molecule has 6 nitrogen and oxygen atoms in total. The van der Waals surface area contributed by atoms with Gasteiger partial charge in [0.15, 0.2) is 5.13 Å². The maximum atomic E-state index is 12.2. The van der Waals surface area contributed by atoms with E-state index in [1.54, 1.807) is 23.5 Å². The summed E-state index contributed by atoms with van der Waals surface area (Å²) in [5, 5.41) is 8.19. The van der Waals surface area contributed by atoms with Crippen LogP contribution >= 0.6 is 22.9 Å². The molecule has 0 bridgehead atoms. The number of amides is 1. The summed E-state index contributed by atoms with van der Waals surface area (Å²) >= 11 is 7.47. The fraction of sp³-hybridized carbons (Fsp3) is 0.368. The summed E-state index contributed by atoms with van der Waals surface area (Å²) in [7, 11) is 0. The number of hydrogen-bond acceptors (Lipinski definition) is 6. The third-order valence-electron chi connectivity index (χ3n) is 4.57. The molecule has 2 heterocycles. The Morgan fingerprint density at radius 1 is 1.33 bits per heavy atom. The molecule has 27 heavy (non-hydrogen) atoms. The zero-order chi connectivity index (χ0) is 18.8. The molecule has 4 rings (SSSR count). The molecule has 1 unspecified atom stereocenters. The predicted molar refractivity (Wildman–Crippen MR) is 105 cm³/mol. The highest BCUT2D eigenvalue weighted by atomic mass is 35.5. The molecule has 1 aromatic carbocycles. The molecule has 0 saturated carbocycles. The van der Waals surface area contributed by atoms with Crippen LogP contribution in [0.15, 0.2) is 28.8 Å². The minimum atomic E-state index is -0.0969. The van der Waals surface area contributed by atoms with Crippen molar-refractivity contribution in [2.45, 2.75) is 39.0 Å². The molecule has 1 atom stereocenters. The van der Waals surface area contributed by atoms with Crippen LogP contribution in [0.4, 0.5) is 5.13 Å². The molecular weight excluding hydrogens is 384 g/mol. The van der Waals surface area contributed by atoms with Crippen molar-refractivity contribution in [2.75, 3.05) is 5.32 Å². The fourth-order valence-electron chi connectivity index (χ4n) is 3.07. The van der Waals surface area contributed by atoms with Gasteiger partial charge in [-0.3, -0.25) is 4.79 Å². The number of anilines is 1. The Bertz CT molecular complexity index is 951. The van der Waals surface area contributed by atoms with Gasteiger partial charge in [0.25, 0.3) is 0 Å². The van der Waals surface area contributed by atoms with E-state index in [0.717, 1.165) is 30.5 Å². The van der Waals surface area contributed by atoms with E-state index in [4.69, 9.17) is 16.1 Å². The normalized spacial score (nSPS) is 16.1. The van der Waals surface area contributed by atoms with Crippen molar-refractivity contribution in [3.63, 3.8) is 0 Å². The van der Waals surface area contributed by atoms with Crippen LogP contribution in [-0.4, -0.2) is 21.0 Å². The van der Waals surface area contributed by atoms with Crippen molar-refractivity contribution >= 4 is 34.0 Å². The first-order valence-electron chi connectivity index (χ1n) is 8.94. The number of carbonyl (C=O) groups is 1. The second kappa shape index (κ2) is 7.78. The SMILES string of the molecule is CC1CCc2nc(NC(=O)CCc3nc(-c4ccc(Cl)cc4)no3)sc2C1. The second-order valence-electron chi connectivity index (χ2n) is 6.80. The summed E-state index contributed by atoms with van der Waals surface area (Å²) in [6.45, 7) is 2.25. The zero-order valence-electron chi connectivity index (χ0n) is 14.9. The molecule has 1 aliphatic carbocycles. The van der Waals surface area contributed by atoms with E-state index in [1.165, 1.54) is 4.88 Å². The van der Waals surface area contributed by atoms with Gasteiger partial charge in [0, 0.05) is 28.3 Å². The molecule has 140 valence electrons. The van der Waals surface area contributed by atoms with Crippen molar-refractivity contribution in [1.29, 1.82) is 0 Å². The molecule has 1 aliphatic rings. The van der Waals surface area contributed by atoms with Gasteiger partial charge < -0.3 is 9.84 Å². The van der Waals surface area contributed by atoms with Crippen LogP contribution < -0.4 is 5.32 Å².